The summed E-state index contributed by atoms with van der Waals surface area (Å²) in [6, 6.07) is 0.440. The van der Waals surface area contributed by atoms with Gasteiger partial charge in [-0.1, -0.05) is 51.4 Å². The molecule has 0 spiro atoms. The second-order valence-electron chi connectivity index (χ2n) is 8.12. The minimum absolute atomic E-state index is 0.125. The van der Waals surface area contributed by atoms with Gasteiger partial charge in [0.1, 0.15) is 5.78 Å². The Morgan fingerprint density at radius 3 is 2.22 bits per heavy atom. The molecule has 2 atom stereocenters. The van der Waals surface area contributed by atoms with Crippen LogP contribution in [0.2, 0.25) is 0 Å². The van der Waals surface area contributed by atoms with E-state index in [1.807, 2.05) is 0 Å². The van der Waals surface area contributed by atoms with Crippen LogP contribution >= 0.6 is 0 Å². The molecule has 130 valence electrons. The van der Waals surface area contributed by atoms with Crippen LogP contribution in [-0.2, 0) is 9.59 Å². The van der Waals surface area contributed by atoms with Gasteiger partial charge in [-0.3, -0.25) is 9.59 Å². The molecule has 0 N–H and O–H groups in total. The van der Waals surface area contributed by atoms with E-state index in [1.165, 1.54) is 64.2 Å². The maximum Gasteiger partial charge on any atom is 0.230 e. The molecule has 3 rings (SSSR count). The van der Waals surface area contributed by atoms with Crippen molar-refractivity contribution in [3.63, 3.8) is 0 Å². The van der Waals surface area contributed by atoms with Crippen molar-refractivity contribution in [2.75, 3.05) is 6.54 Å². The molecule has 2 aliphatic carbocycles. The van der Waals surface area contributed by atoms with E-state index in [-0.39, 0.29) is 18.1 Å². The summed E-state index contributed by atoms with van der Waals surface area (Å²) in [5.74, 6) is 1.57. The van der Waals surface area contributed by atoms with Gasteiger partial charge in [0.05, 0.1) is 6.42 Å². The first-order valence-electron chi connectivity index (χ1n) is 10.0. The molecule has 1 saturated heterocycles. The van der Waals surface area contributed by atoms with Crippen LogP contribution in [0.25, 0.3) is 0 Å². The third-order valence-electron chi connectivity index (χ3n) is 6.40. The van der Waals surface area contributed by atoms with Gasteiger partial charge >= 0.3 is 0 Å². The third kappa shape index (κ3) is 4.58. The van der Waals surface area contributed by atoms with Crippen molar-refractivity contribution in [1.82, 2.24) is 4.90 Å². The highest BCUT2D eigenvalue weighted by atomic mass is 16.2. The minimum Gasteiger partial charge on any atom is -0.339 e. The van der Waals surface area contributed by atoms with Gasteiger partial charge in [-0.2, -0.15) is 0 Å². The zero-order chi connectivity index (χ0) is 16.1. The number of piperidine rings is 1. The molecule has 0 aromatic heterocycles. The van der Waals surface area contributed by atoms with Gasteiger partial charge in [-0.15, -0.1) is 0 Å². The molecule has 1 heterocycles. The summed E-state index contributed by atoms with van der Waals surface area (Å²) >= 11 is 0. The van der Waals surface area contributed by atoms with E-state index >= 15 is 0 Å². The van der Waals surface area contributed by atoms with E-state index in [0.29, 0.717) is 24.3 Å². The van der Waals surface area contributed by atoms with Crippen LogP contribution in [0.5, 0.6) is 0 Å². The fraction of sp³-hybridized carbons (Fsp3) is 0.900. The molecule has 3 aliphatic rings. The molecule has 0 radical (unpaired) electrons. The Labute approximate surface area is 141 Å². The van der Waals surface area contributed by atoms with Crippen molar-refractivity contribution in [3.8, 4) is 0 Å². The minimum atomic E-state index is 0.125. The molecular formula is C20H33NO2. The molecule has 0 aromatic carbocycles. The molecule has 0 bridgehead atoms. The summed E-state index contributed by atoms with van der Waals surface area (Å²) in [5.41, 5.74) is 0. The first kappa shape index (κ1) is 17.0. The van der Waals surface area contributed by atoms with Crippen LogP contribution in [0.15, 0.2) is 0 Å². The van der Waals surface area contributed by atoms with Crippen molar-refractivity contribution in [3.05, 3.63) is 0 Å². The van der Waals surface area contributed by atoms with Gasteiger partial charge in [0.2, 0.25) is 5.91 Å². The fourth-order valence-electron chi connectivity index (χ4n) is 5.17. The summed E-state index contributed by atoms with van der Waals surface area (Å²) in [6.45, 7) is 0.886. The normalized spacial score (nSPS) is 29.7. The molecule has 2 saturated carbocycles. The van der Waals surface area contributed by atoms with Crippen LogP contribution < -0.4 is 0 Å². The fourth-order valence-corrected chi connectivity index (χ4v) is 5.17. The van der Waals surface area contributed by atoms with E-state index in [4.69, 9.17) is 0 Å². The number of ketones is 1. The average molecular weight is 319 g/mol. The Hall–Kier alpha value is -0.860. The number of hydrogen-bond acceptors (Lipinski definition) is 2. The lowest BCUT2D eigenvalue weighted by molar-refractivity contribution is -0.140. The van der Waals surface area contributed by atoms with E-state index < -0.39 is 0 Å². The van der Waals surface area contributed by atoms with Crippen LogP contribution in [0.3, 0.4) is 0 Å². The summed E-state index contributed by atoms with van der Waals surface area (Å²) < 4.78 is 0. The number of carbonyl (C=O) groups excluding carboxylic acids is 2. The summed E-state index contributed by atoms with van der Waals surface area (Å²) in [7, 11) is 0. The third-order valence-corrected chi connectivity index (χ3v) is 6.40. The maximum absolute atomic E-state index is 12.7. The van der Waals surface area contributed by atoms with E-state index in [2.05, 4.69) is 4.90 Å². The predicted octanol–water partition coefficient (Wildman–Crippen LogP) is 4.49. The number of amides is 1. The van der Waals surface area contributed by atoms with Crippen molar-refractivity contribution >= 4 is 11.7 Å². The van der Waals surface area contributed by atoms with Gasteiger partial charge in [0.25, 0.3) is 0 Å². The Morgan fingerprint density at radius 2 is 1.43 bits per heavy atom. The maximum atomic E-state index is 12.7. The quantitative estimate of drug-likeness (QED) is 0.565. The molecule has 3 fully saturated rings. The average Bonchev–Trinajstić information content (AvgIpc) is 2.82. The summed E-state index contributed by atoms with van der Waals surface area (Å²) in [5, 5.41) is 0. The molecule has 3 nitrogen and oxygen atoms in total. The van der Waals surface area contributed by atoms with Crippen LogP contribution in [0.1, 0.15) is 89.9 Å². The molecule has 0 aromatic rings. The number of carbonyl (C=O) groups is 2. The topological polar surface area (TPSA) is 37.4 Å². The highest BCUT2D eigenvalue weighted by Gasteiger charge is 2.36. The lowest BCUT2D eigenvalue weighted by Gasteiger charge is -2.44. The zero-order valence-electron chi connectivity index (χ0n) is 14.6. The monoisotopic (exact) mass is 319 g/mol. The highest BCUT2D eigenvalue weighted by molar-refractivity contribution is 5.98. The van der Waals surface area contributed by atoms with Crippen molar-refractivity contribution in [1.29, 1.82) is 0 Å². The zero-order valence-corrected chi connectivity index (χ0v) is 14.6. The molecule has 1 aliphatic heterocycles. The molecule has 2 unspecified atom stereocenters. The highest BCUT2D eigenvalue weighted by Crippen LogP contribution is 2.35. The summed E-state index contributed by atoms with van der Waals surface area (Å²) in [6.07, 6.45) is 15.8. The van der Waals surface area contributed by atoms with Crippen LogP contribution in [-0.4, -0.2) is 29.2 Å². The van der Waals surface area contributed by atoms with Crippen LogP contribution in [0, 0.1) is 11.8 Å². The van der Waals surface area contributed by atoms with Crippen molar-refractivity contribution < 1.29 is 9.59 Å². The van der Waals surface area contributed by atoms with E-state index in [9.17, 15) is 9.59 Å². The number of Topliss-reactive ketones (excluding diaryl/α,β-unsaturated/α-hetero) is 1. The standard InChI is InChI=1S/C20H33NO2/c22-18(14-16-8-3-1-2-4-9-16)15-20(23)21-13-7-11-17-10-5-6-12-19(17)21/h16-17,19H,1-15H2. The molecule has 1 amide bonds. The molecule has 23 heavy (non-hydrogen) atoms. The Balaban J connectivity index is 1.50. The number of fused-ring (bicyclic) bond motifs is 1. The Morgan fingerprint density at radius 1 is 0.783 bits per heavy atom. The van der Waals surface area contributed by atoms with Gasteiger partial charge < -0.3 is 4.90 Å². The van der Waals surface area contributed by atoms with Gasteiger partial charge in [-0.25, -0.2) is 0 Å². The second kappa shape index (κ2) is 8.30. The Kier molecular flexibility index (Phi) is 6.13. The summed E-state index contributed by atoms with van der Waals surface area (Å²) in [4.78, 5) is 27.1. The van der Waals surface area contributed by atoms with Gasteiger partial charge in [0.15, 0.2) is 0 Å². The SMILES string of the molecule is O=C(CC(=O)N1CCCC2CCCCC21)CC1CCCCCC1. The molecule has 3 heteroatoms. The first-order valence-corrected chi connectivity index (χ1v) is 10.0. The second-order valence-corrected chi connectivity index (χ2v) is 8.12. The smallest absolute Gasteiger partial charge is 0.230 e. The van der Waals surface area contributed by atoms with E-state index in [1.54, 1.807) is 0 Å². The van der Waals surface area contributed by atoms with Gasteiger partial charge in [-0.05, 0) is 37.5 Å². The lowest BCUT2D eigenvalue weighted by atomic mass is 9.78. The Bertz CT molecular complexity index is 410. The lowest BCUT2D eigenvalue weighted by Crippen LogP contribution is -2.50. The number of likely N-dealkylation sites (tertiary alicyclic amines) is 1. The largest absolute Gasteiger partial charge is 0.339 e. The molecular weight excluding hydrogens is 286 g/mol. The van der Waals surface area contributed by atoms with E-state index in [0.717, 1.165) is 19.4 Å². The van der Waals surface area contributed by atoms with Gasteiger partial charge in [0, 0.05) is 19.0 Å². The van der Waals surface area contributed by atoms with Crippen molar-refractivity contribution in [2.24, 2.45) is 11.8 Å². The number of nitrogens with zero attached hydrogens (tertiary/aromatic N) is 1. The first-order chi connectivity index (χ1) is 11.2. The number of rotatable bonds is 4. The van der Waals surface area contributed by atoms with Crippen LogP contribution in [0.4, 0.5) is 0 Å². The predicted molar refractivity (Wildman–Crippen MR) is 92.1 cm³/mol. The number of hydrogen-bond donors (Lipinski definition) is 0. The van der Waals surface area contributed by atoms with Crippen molar-refractivity contribution in [2.45, 2.75) is 95.9 Å².